The number of rotatable bonds is 2. The molecule has 0 saturated heterocycles. The topological polar surface area (TPSA) is 79.6 Å². The summed E-state index contributed by atoms with van der Waals surface area (Å²) in [5.41, 5.74) is 6.15. The third kappa shape index (κ3) is 1.85. The molecule has 0 aliphatic heterocycles. The van der Waals surface area contributed by atoms with Gasteiger partial charge in [0.2, 0.25) is 0 Å². The zero-order valence-electron chi connectivity index (χ0n) is 8.22. The second kappa shape index (κ2) is 4.08. The van der Waals surface area contributed by atoms with Crippen molar-refractivity contribution in [1.29, 1.82) is 0 Å². The lowest BCUT2D eigenvalue weighted by atomic mass is 10.0. The van der Waals surface area contributed by atoms with Crippen molar-refractivity contribution in [2.75, 3.05) is 5.73 Å². The van der Waals surface area contributed by atoms with Crippen LogP contribution in [0.5, 0.6) is 5.75 Å². The monoisotopic (exact) mass is 239 g/mol. The van der Waals surface area contributed by atoms with E-state index in [9.17, 15) is 10.2 Å². The average Bonchev–Trinajstić information content (AvgIpc) is 2.68. The number of anilines is 1. The minimum absolute atomic E-state index is 0.0748. The van der Waals surface area contributed by atoms with Crippen molar-refractivity contribution >= 4 is 17.3 Å². The van der Waals surface area contributed by atoms with Gasteiger partial charge in [0.1, 0.15) is 17.6 Å². The maximum absolute atomic E-state index is 9.97. The fourth-order valence-electron chi connectivity index (χ4n) is 1.44. The highest BCUT2D eigenvalue weighted by Gasteiger charge is 2.18. The Morgan fingerprint density at radius 1 is 1.25 bits per heavy atom. The number of nitrogens with two attached hydrogens (primary N) is 1. The Kier molecular flexibility index (Phi) is 2.77. The molecule has 1 atom stereocenters. The van der Waals surface area contributed by atoms with Crippen molar-refractivity contribution in [2.24, 2.45) is 0 Å². The number of nitrogen functional groups attached to an aromatic ring is 1. The summed E-state index contributed by atoms with van der Waals surface area (Å²) in [5.74, 6) is 0.205. The van der Waals surface area contributed by atoms with Crippen LogP contribution in [0.2, 0.25) is 5.22 Å². The molecule has 0 aliphatic rings. The normalized spacial score (nSPS) is 12.6. The Labute approximate surface area is 96.9 Å². The summed E-state index contributed by atoms with van der Waals surface area (Å²) < 4.78 is 5.07. The molecular weight excluding hydrogens is 230 g/mol. The molecule has 2 aromatic rings. The van der Waals surface area contributed by atoms with Gasteiger partial charge in [-0.1, -0.05) is 12.1 Å². The molecule has 4 N–H and O–H groups in total. The van der Waals surface area contributed by atoms with E-state index >= 15 is 0 Å². The van der Waals surface area contributed by atoms with Crippen molar-refractivity contribution in [3.05, 3.63) is 46.9 Å². The first-order valence-corrected chi connectivity index (χ1v) is 4.98. The van der Waals surface area contributed by atoms with Crippen molar-refractivity contribution in [1.82, 2.24) is 0 Å². The number of aromatic hydroxyl groups is 1. The van der Waals surface area contributed by atoms with E-state index in [0.717, 1.165) is 0 Å². The van der Waals surface area contributed by atoms with E-state index < -0.39 is 6.10 Å². The third-order valence-electron chi connectivity index (χ3n) is 2.27. The maximum Gasteiger partial charge on any atom is 0.193 e. The second-order valence-electron chi connectivity index (χ2n) is 3.32. The predicted octanol–water partition coefficient (Wildman–Crippen LogP) is 2.30. The SMILES string of the molecule is Nc1c(O)cccc1C(O)c1ccc(Cl)o1. The number of phenols is 1. The van der Waals surface area contributed by atoms with Crippen LogP contribution in [0.15, 0.2) is 34.7 Å². The van der Waals surface area contributed by atoms with Crippen LogP contribution in [0.25, 0.3) is 0 Å². The number of halogens is 1. The molecule has 0 spiro atoms. The fourth-order valence-corrected chi connectivity index (χ4v) is 1.59. The molecule has 0 bridgehead atoms. The van der Waals surface area contributed by atoms with Crippen LogP contribution >= 0.6 is 11.6 Å². The molecule has 0 fully saturated rings. The summed E-state index contributed by atoms with van der Waals surface area (Å²) >= 11 is 5.60. The molecule has 0 aliphatic carbocycles. The van der Waals surface area contributed by atoms with Gasteiger partial charge in [-0.05, 0) is 29.8 Å². The summed E-state index contributed by atoms with van der Waals surface area (Å²) in [4.78, 5) is 0. The molecule has 1 aromatic heterocycles. The van der Waals surface area contributed by atoms with Gasteiger partial charge in [0.15, 0.2) is 5.22 Å². The molecule has 2 rings (SSSR count). The maximum atomic E-state index is 9.97. The average molecular weight is 240 g/mol. The van der Waals surface area contributed by atoms with Crippen LogP contribution in [0.1, 0.15) is 17.4 Å². The van der Waals surface area contributed by atoms with E-state index in [-0.39, 0.29) is 22.4 Å². The van der Waals surface area contributed by atoms with Gasteiger partial charge in [-0.15, -0.1) is 0 Å². The van der Waals surface area contributed by atoms with Gasteiger partial charge >= 0.3 is 0 Å². The molecule has 0 amide bonds. The van der Waals surface area contributed by atoms with Crippen LogP contribution in [-0.4, -0.2) is 10.2 Å². The fraction of sp³-hybridized carbons (Fsp3) is 0.0909. The number of benzene rings is 1. The van der Waals surface area contributed by atoms with E-state index in [2.05, 4.69) is 0 Å². The van der Waals surface area contributed by atoms with Gasteiger partial charge in [0, 0.05) is 5.56 Å². The van der Waals surface area contributed by atoms with Gasteiger partial charge in [0.25, 0.3) is 0 Å². The number of hydrogen-bond acceptors (Lipinski definition) is 4. The van der Waals surface area contributed by atoms with E-state index in [1.54, 1.807) is 18.2 Å². The molecule has 5 heteroatoms. The van der Waals surface area contributed by atoms with E-state index in [0.29, 0.717) is 5.56 Å². The lowest BCUT2D eigenvalue weighted by Crippen LogP contribution is -2.02. The van der Waals surface area contributed by atoms with Crippen LogP contribution in [0, 0.1) is 0 Å². The summed E-state index contributed by atoms with van der Waals surface area (Å²) in [7, 11) is 0. The van der Waals surface area contributed by atoms with Gasteiger partial charge in [0.05, 0.1) is 5.69 Å². The molecule has 4 nitrogen and oxygen atoms in total. The Hall–Kier alpha value is -1.65. The third-order valence-corrected chi connectivity index (χ3v) is 2.48. The molecular formula is C11H10ClNO3. The van der Waals surface area contributed by atoms with Gasteiger partial charge < -0.3 is 20.4 Å². The Morgan fingerprint density at radius 2 is 2.00 bits per heavy atom. The molecule has 1 heterocycles. The first kappa shape index (κ1) is 10.9. The number of aliphatic hydroxyl groups is 1. The molecule has 1 aromatic carbocycles. The van der Waals surface area contributed by atoms with Crippen molar-refractivity contribution in [3.63, 3.8) is 0 Å². The molecule has 0 radical (unpaired) electrons. The Balaban J connectivity index is 2.41. The standard InChI is InChI=1S/C11H10ClNO3/c12-9-5-4-8(16-9)11(15)6-2-1-3-7(14)10(6)13/h1-5,11,14-15H,13H2. The quantitative estimate of drug-likeness (QED) is 0.555. The van der Waals surface area contributed by atoms with Gasteiger partial charge in [-0.3, -0.25) is 0 Å². The number of para-hydroxylation sites is 1. The molecule has 84 valence electrons. The van der Waals surface area contributed by atoms with E-state index in [1.807, 2.05) is 0 Å². The Morgan fingerprint density at radius 3 is 2.62 bits per heavy atom. The Bertz CT molecular complexity index is 510. The van der Waals surface area contributed by atoms with Crippen molar-refractivity contribution in [3.8, 4) is 5.75 Å². The first-order chi connectivity index (χ1) is 7.59. The van der Waals surface area contributed by atoms with Crippen molar-refractivity contribution < 1.29 is 14.6 Å². The first-order valence-electron chi connectivity index (χ1n) is 4.60. The minimum Gasteiger partial charge on any atom is -0.506 e. The predicted molar refractivity (Wildman–Crippen MR) is 60.3 cm³/mol. The van der Waals surface area contributed by atoms with E-state index in [1.165, 1.54) is 12.1 Å². The number of furan rings is 1. The largest absolute Gasteiger partial charge is 0.506 e. The summed E-state index contributed by atoms with van der Waals surface area (Å²) in [5, 5.41) is 19.6. The molecule has 1 unspecified atom stereocenters. The zero-order valence-corrected chi connectivity index (χ0v) is 8.98. The highest BCUT2D eigenvalue weighted by atomic mass is 35.5. The second-order valence-corrected chi connectivity index (χ2v) is 3.70. The van der Waals surface area contributed by atoms with Gasteiger partial charge in [-0.25, -0.2) is 0 Å². The molecule has 0 saturated carbocycles. The van der Waals surface area contributed by atoms with Crippen LogP contribution in [0.4, 0.5) is 5.69 Å². The van der Waals surface area contributed by atoms with Gasteiger partial charge in [-0.2, -0.15) is 0 Å². The lowest BCUT2D eigenvalue weighted by Gasteiger charge is -2.11. The minimum atomic E-state index is -1.04. The summed E-state index contributed by atoms with van der Waals surface area (Å²) in [6.07, 6.45) is -1.04. The number of aliphatic hydroxyl groups excluding tert-OH is 1. The molecule has 16 heavy (non-hydrogen) atoms. The van der Waals surface area contributed by atoms with E-state index in [4.69, 9.17) is 21.8 Å². The highest BCUT2D eigenvalue weighted by Crippen LogP contribution is 2.33. The van der Waals surface area contributed by atoms with Crippen LogP contribution in [0.3, 0.4) is 0 Å². The summed E-state index contributed by atoms with van der Waals surface area (Å²) in [6.45, 7) is 0. The smallest absolute Gasteiger partial charge is 0.193 e. The highest BCUT2D eigenvalue weighted by molar-refractivity contribution is 6.28. The zero-order chi connectivity index (χ0) is 11.7. The number of phenolic OH excluding ortho intramolecular Hbond substituents is 1. The van der Waals surface area contributed by atoms with Crippen LogP contribution < -0.4 is 5.73 Å². The van der Waals surface area contributed by atoms with Crippen molar-refractivity contribution in [2.45, 2.75) is 6.10 Å². The number of hydrogen-bond donors (Lipinski definition) is 3. The van der Waals surface area contributed by atoms with Crippen LogP contribution in [-0.2, 0) is 0 Å². The summed E-state index contributed by atoms with van der Waals surface area (Å²) in [6, 6.07) is 7.72. The lowest BCUT2D eigenvalue weighted by molar-refractivity contribution is 0.190.